The van der Waals surface area contributed by atoms with Gasteiger partial charge in [0.2, 0.25) is 0 Å². The van der Waals surface area contributed by atoms with E-state index >= 15 is 0 Å². The molecule has 2 saturated carbocycles. The zero-order chi connectivity index (χ0) is 28.1. The molecule has 2 aliphatic carbocycles. The van der Waals surface area contributed by atoms with Crippen LogP contribution in [0.4, 0.5) is 0 Å². The van der Waals surface area contributed by atoms with E-state index in [0.717, 1.165) is 61.2 Å². The lowest BCUT2D eigenvalue weighted by Crippen LogP contribution is -2.48. The van der Waals surface area contributed by atoms with E-state index in [1.54, 1.807) is 7.11 Å². The maximum absolute atomic E-state index is 13.0. The largest absolute Gasteiger partial charge is 0.496 e. The molecule has 1 spiro atoms. The Kier molecular flexibility index (Phi) is 6.58. The van der Waals surface area contributed by atoms with Crippen LogP contribution in [0.3, 0.4) is 0 Å². The van der Waals surface area contributed by atoms with E-state index in [-0.39, 0.29) is 29.3 Å². The fraction of sp³-hybridized carbons (Fsp3) is 0.469. The number of nitrogens with zero attached hydrogens (tertiary/aromatic N) is 2. The number of likely N-dealkylation sites (tertiary alicyclic amines) is 1. The van der Waals surface area contributed by atoms with Crippen molar-refractivity contribution in [2.45, 2.75) is 63.6 Å². The van der Waals surface area contributed by atoms with Crippen LogP contribution in [0.1, 0.15) is 71.6 Å². The molecule has 6 rings (SSSR count). The SMILES string of the molecule is COC(=O)C1(NC(=O)c2ccc([C@@H]3CC4(CCN3Cc3c(OC)cc(C)c5[nH]ccc35)CC(C#N)C4)cc2)CC1. The van der Waals surface area contributed by atoms with Crippen LogP contribution in [0.25, 0.3) is 10.9 Å². The highest BCUT2D eigenvalue weighted by Crippen LogP contribution is 2.57. The lowest BCUT2D eigenvalue weighted by Gasteiger charge is -2.53. The molecule has 0 radical (unpaired) electrons. The number of H-pyrrole nitrogens is 1. The first-order valence-corrected chi connectivity index (χ1v) is 14.1. The van der Waals surface area contributed by atoms with E-state index in [9.17, 15) is 14.9 Å². The Morgan fingerprint density at radius 3 is 2.52 bits per heavy atom. The molecular weight excluding hydrogens is 504 g/mol. The summed E-state index contributed by atoms with van der Waals surface area (Å²) in [6, 6.07) is 14.6. The van der Waals surface area contributed by atoms with Gasteiger partial charge in [-0.25, -0.2) is 4.79 Å². The average Bonchev–Trinajstić information content (AvgIpc) is 3.56. The van der Waals surface area contributed by atoms with E-state index in [1.165, 1.54) is 18.1 Å². The van der Waals surface area contributed by atoms with Crippen molar-refractivity contribution in [2.24, 2.45) is 11.3 Å². The lowest BCUT2D eigenvalue weighted by atomic mass is 9.56. The third-order valence-electron chi connectivity index (χ3n) is 9.47. The summed E-state index contributed by atoms with van der Waals surface area (Å²) in [4.78, 5) is 31.0. The first-order chi connectivity index (χ1) is 19.3. The molecule has 1 aromatic heterocycles. The minimum absolute atomic E-state index is 0.148. The summed E-state index contributed by atoms with van der Waals surface area (Å²) in [6.07, 6.45) is 7.15. The van der Waals surface area contributed by atoms with Crippen LogP contribution < -0.4 is 10.1 Å². The number of nitrogens with one attached hydrogen (secondary N) is 2. The zero-order valence-corrected chi connectivity index (χ0v) is 23.4. The van der Waals surface area contributed by atoms with Crippen molar-refractivity contribution in [3.63, 3.8) is 0 Å². The Morgan fingerprint density at radius 2 is 1.88 bits per heavy atom. The van der Waals surface area contributed by atoms with Crippen LogP contribution in [0.15, 0.2) is 42.6 Å². The Labute approximate surface area is 234 Å². The van der Waals surface area contributed by atoms with Gasteiger partial charge in [0.05, 0.1) is 20.3 Å². The molecule has 0 unspecified atom stereocenters. The number of fused-ring (bicyclic) bond motifs is 1. The minimum atomic E-state index is -0.880. The van der Waals surface area contributed by atoms with Crippen LogP contribution in [0.5, 0.6) is 5.75 Å². The molecule has 8 heteroatoms. The van der Waals surface area contributed by atoms with Gasteiger partial charge in [0, 0.05) is 46.7 Å². The van der Waals surface area contributed by atoms with Crippen molar-refractivity contribution in [3.8, 4) is 11.8 Å². The van der Waals surface area contributed by atoms with Gasteiger partial charge in [-0.1, -0.05) is 12.1 Å². The number of hydrogen-bond donors (Lipinski definition) is 2. The summed E-state index contributed by atoms with van der Waals surface area (Å²) in [5.41, 5.74) is 4.45. The standard InChI is InChI=1S/C32H36N4O4/c1-20-14-27(39-2)25(24-8-12-34-28(20)24)19-36-13-11-31(15-21(16-31)18-33)17-26(36)22-4-6-23(7-5-22)29(37)35-32(9-10-32)30(38)40-3/h4-8,12,14,21,26,34H,9-11,13,15-17,19H2,1-3H3,(H,35,37)/t21?,26-,31?/m0/s1. The van der Waals surface area contributed by atoms with Crippen LogP contribution in [0, 0.1) is 29.6 Å². The van der Waals surface area contributed by atoms with Crippen LogP contribution in [0.2, 0.25) is 0 Å². The number of aryl methyl sites for hydroxylation is 1. The van der Waals surface area contributed by atoms with Crippen molar-refractivity contribution >= 4 is 22.8 Å². The molecule has 40 heavy (non-hydrogen) atoms. The molecular formula is C32H36N4O4. The van der Waals surface area contributed by atoms with Crippen molar-refractivity contribution < 1.29 is 19.1 Å². The molecule has 1 aliphatic heterocycles. The Hall–Kier alpha value is -3.83. The number of rotatable bonds is 7. The second kappa shape index (κ2) is 9.97. The second-order valence-corrected chi connectivity index (χ2v) is 12.0. The molecule has 1 saturated heterocycles. The number of aromatic amines is 1. The summed E-state index contributed by atoms with van der Waals surface area (Å²) in [5.74, 6) is 0.393. The van der Waals surface area contributed by atoms with Gasteiger partial charge in [0.15, 0.2) is 0 Å². The molecule has 1 atom stereocenters. The van der Waals surface area contributed by atoms with Crippen molar-refractivity contribution in [2.75, 3.05) is 20.8 Å². The lowest BCUT2D eigenvalue weighted by molar-refractivity contribution is -0.144. The fourth-order valence-corrected chi connectivity index (χ4v) is 6.97. The quantitative estimate of drug-likeness (QED) is 0.400. The molecule has 2 N–H and O–H groups in total. The maximum Gasteiger partial charge on any atom is 0.331 e. The highest BCUT2D eigenvalue weighted by molar-refractivity contribution is 5.99. The van der Waals surface area contributed by atoms with Crippen LogP contribution in [-0.4, -0.2) is 48.1 Å². The van der Waals surface area contributed by atoms with E-state index in [1.807, 2.05) is 30.5 Å². The number of carbonyl (C=O) groups is 2. The summed E-state index contributed by atoms with van der Waals surface area (Å²) in [7, 11) is 3.08. The molecule has 2 aromatic carbocycles. The first-order valence-electron chi connectivity index (χ1n) is 14.1. The second-order valence-electron chi connectivity index (χ2n) is 12.0. The van der Waals surface area contributed by atoms with E-state index < -0.39 is 5.54 Å². The fourth-order valence-electron chi connectivity index (χ4n) is 6.97. The number of benzene rings is 2. The number of piperidine rings is 1. The third-order valence-corrected chi connectivity index (χ3v) is 9.47. The number of ether oxygens (including phenoxy) is 2. The summed E-state index contributed by atoms with van der Waals surface area (Å²) in [6.45, 7) is 3.76. The minimum Gasteiger partial charge on any atom is -0.496 e. The van der Waals surface area contributed by atoms with Gasteiger partial charge in [-0.2, -0.15) is 5.26 Å². The zero-order valence-electron chi connectivity index (χ0n) is 23.4. The van der Waals surface area contributed by atoms with Gasteiger partial charge in [-0.15, -0.1) is 0 Å². The normalized spacial score (nSPS) is 25.1. The summed E-state index contributed by atoms with van der Waals surface area (Å²) in [5, 5.41) is 13.5. The van der Waals surface area contributed by atoms with Crippen LogP contribution in [-0.2, 0) is 16.1 Å². The summed E-state index contributed by atoms with van der Waals surface area (Å²) < 4.78 is 10.7. The van der Waals surface area contributed by atoms with Crippen molar-refractivity contribution in [3.05, 3.63) is 64.8 Å². The van der Waals surface area contributed by atoms with E-state index in [2.05, 4.69) is 40.3 Å². The number of methoxy groups -OCH3 is 2. The number of nitriles is 1. The smallest absolute Gasteiger partial charge is 0.331 e. The van der Waals surface area contributed by atoms with Gasteiger partial charge >= 0.3 is 5.97 Å². The predicted octanol–water partition coefficient (Wildman–Crippen LogP) is 5.18. The molecule has 2 heterocycles. The topological polar surface area (TPSA) is 107 Å². The van der Waals surface area contributed by atoms with Crippen molar-refractivity contribution in [1.29, 1.82) is 5.26 Å². The molecule has 3 aliphatic rings. The Bertz CT molecular complexity index is 1490. The van der Waals surface area contributed by atoms with E-state index in [4.69, 9.17) is 9.47 Å². The first kappa shape index (κ1) is 26.4. The maximum atomic E-state index is 13.0. The van der Waals surface area contributed by atoms with Gasteiger partial charge < -0.3 is 19.8 Å². The third kappa shape index (κ3) is 4.52. The van der Waals surface area contributed by atoms with Gasteiger partial charge in [0.1, 0.15) is 11.3 Å². The average molecular weight is 541 g/mol. The molecule has 1 amide bonds. The number of esters is 1. The van der Waals surface area contributed by atoms with E-state index in [0.29, 0.717) is 18.4 Å². The van der Waals surface area contributed by atoms with Gasteiger partial charge in [-0.3, -0.25) is 9.69 Å². The van der Waals surface area contributed by atoms with Crippen LogP contribution >= 0.6 is 0 Å². The Morgan fingerprint density at radius 1 is 1.12 bits per heavy atom. The number of hydrogen-bond acceptors (Lipinski definition) is 6. The van der Waals surface area contributed by atoms with Gasteiger partial charge in [-0.05, 0) is 92.8 Å². The van der Waals surface area contributed by atoms with Crippen molar-refractivity contribution in [1.82, 2.24) is 15.2 Å². The highest BCUT2D eigenvalue weighted by Gasteiger charge is 2.52. The monoisotopic (exact) mass is 540 g/mol. The molecule has 208 valence electrons. The molecule has 0 bridgehead atoms. The predicted molar refractivity (Wildman–Crippen MR) is 151 cm³/mol. The van der Waals surface area contributed by atoms with Gasteiger partial charge in [0.25, 0.3) is 5.91 Å². The Balaban J connectivity index is 1.28. The molecule has 3 aromatic rings. The molecule has 8 nitrogen and oxygen atoms in total. The number of aromatic nitrogens is 1. The number of amides is 1. The number of carbonyl (C=O) groups excluding carboxylic acids is 2. The highest BCUT2D eigenvalue weighted by atomic mass is 16.5. The molecule has 3 fully saturated rings. The summed E-state index contributed by atoms with van der Waals surface area (Å²) >= 11 is 0.